The van der Waals surface area contributed by atoms with Crippen LogP contribution in [0.15, 0.2) is 71.6 Å². The predicted molar refractivity (Wildman–Crippen MR) is 129 cm³/mol. The molecule has 0 unspecified atom stereocenters. The van der Waals surface area contributed by atoms with Gasteiger partial charge in [-0.3, -0.25) is 9.59 Å². The van der Waals surface area contributed by atoms with Gasteiger partial charge in [-0.1, -0.05) is 42.5 Å². The summed E-state index contributed by atoms with van der Waals surface area (Å²) in [6.07, 6.45) is 0.837. The van der Waals surface area contributed by atoms with E-state index in [0.29, 0.717) is 30.6 Å². The molecule has 3 aromatic rings. The van der Waals surface area contributed by atoms with Crippen molar-refractivity contribution in [1.82, 2.24) is 9.62 Å². The van der Waals surface area contributed by atoms with Gasteiger partial charge in [0.2, 0.25) is 15.9 Å². The highest BCUT2D eigenvalue weighted by Gasteiger charge is 2.32. The molecule has 0 saturated carbocycles. The average Bonchev–Trinajstić information content (AvgIpc) is 2.84. The Bertz CT molecular complexity index is 1280. The average molecular weight is 466 g/mol. The molecule has 1 fully saturated rings. The number of anilines is 1. The number of nitrogens with one attached hydrogen (secondary N) is 2. The molecule has 8 heteroatoms. The molecule has 0 aliphatic carbocycles. The summed E-state index contributed by atoms with van der Waals surface area (Å²) in [6, 6.07) is 19.6. The molecule has 3 aromatic carbocycles. The maximum absolute atomic E-state index is 13.2. The monoisotopic (exact) mass is 465 g/mol. The molecule has 7 nitrogen and oxygen atoms in total. The number of piperidine rings is 1. The topological polar surface area (TPSA) is 95.6 Å². The first-order chi connectivity index (χ1) is 15.9. The zero-order valence-electron chi connectivity index (χ0n) is 18.5. The summed E-state index contributed by atoms with van der Waals surface area (Å²) in [5.74, 6) is -0.769. The fourth-order valence-electron chi connectivity index (χ4n) is 4.12. The van der Waals surface area contributed by atoms with Crippen molar-refractivity contribution in [3.05, 3.63) is 72.3 Å². The molecule has 4 rings (SSSR count). The van der Waals surface area contributed by atoms with E-state index in [1.54, 1.807) is 36.4 Å². The first-order valence-electron chi connectivity index (χ1n) is 11.1. The van der Waals surface area contributed by atoms with Crippen LogP contribution in [0.3, 0.4) is 0 Å². The van der Waals surface area contributed by atoms with Crippen molar-refractivity contribution in [3.8, 4) is 0 Å². The third kappa shape index (κ3) is 4.91. The summed E-state index contributed by atoms with van der Waals surface area (Å²) < 4.78 is 27.8. The number of sulfonamides is 1. The number of carbonyl (C=O) groups excluding carboxylic acids is 2. The Morgan fingerprint density at radius 3 is 2.33 bits per heavy atom. The molecular weight excluding hydrogens is 438 g/mol. The van der Waals surface area contributed by atoms with Gasteiger partial charge in [-0.25, -0.2) is 8.42 Å². The SMILES string of the molecule is CCNC(=O)c1ccccc1NC(=O)C1CCN(S(=O)(=O)c2ccc3ccccc3c2)CC1. The van der Waals surface area contributed by atoms with Crippen LogP contribution in [0.2, 0.25) is 0 Å². The molecule has 1 saturated heterocycles. The maximum Gasteiger partial charge on any atom is 0.253 e. The summed E-state index contributed by atoms with van der Waals surface area (Å²) in [5.41, 5.74) is 0.865. The van der Waals surface area contributed by atoms with Gasteiger partial charge in [-0.15, -0.1) is 0 Å². The van der Waals surface area contributed by atoms with Crippen molar-refractivity contribution < 1.29 is 18.0 Å². The smallest absolute Gasteiger partial charge is 0.253 e. The standard InChI is InChI=1S/C25H27N3O4S/c1-2-26-25(30)22-9-5-6-10-23(22)27-24(29)19-13-15-28(16-14-19)33(31,32)21-12-11-18-7-3-4-8-20(18)17-21/h3-12,17,19H,2,13-16H2,1H3,(H,26,30)(H,27,29). The number of benzene rings is 3. The predicted octanol–water partition coefficient (Wildman–Crippen LogP) is 3.63. The molecule has 0 bridgehead atoms. The molecular formula is C25H27N3O4S. The van der Waals surface area contributed by atoms with Gasteiger partial charge in [0.05, 0.1) is 16.1 Å². The van der Waals surface area contributed by atoms with Crippen LogP contribution in [0.5, 0.6) is 0 Å². The van der Waals surface area contributed by atoms with Gasteiger partial charge in [0.15, 0.2) is 0 Å². The Kier molecular flexibility index (Phi) is 6.76. The highest BCUT2D eigenvalue weighted by atomic mass is 32.2. The van der Waals surface area contributed by atoms with E-state index in [1.165, 1.54) is 4.31 Å². The van der Waals surface area contributed by atoms with Gasteiger partial charge in [-0.05, 0) is 54.8 Å². The van der Waals surface area contributed by atoms with Crippen molar-refractivity contribution >= 4 is 38.3 Å². The molecule has 2 amide bonds. The van der Waals surface area contributed by atoms with E-state index in [4.69, 9.17) is 0 Å². The molecule has 1 heterocycles. The number of hydrogen-bond acceptors (Lipinski definition) is 4. The third-order valence-corrected chi connectivity index (χ3v) is 7.84. The highest BCUT2D eigenvalue weighted by molar-refractivity contribution is 7.89. The van der Waals surface area contributed by atoms with Gasteiger partial charge in [0, 0.05) is 25.6 Å². The first kappa shape index (κ1) is 22.9. The van der Waals surface area contributed by atoms with E-state index in [0.717, 1.165) is 10.8 Å². The second-order valence-corrected chi connectivity index (χ2v) is 10.0. The third-order valence-electron chi connectivity index (χ3n) is 5.95. The maximum atomic E-state index is 13.2. The van der Waals surface area contributed by atoms with Crippen molar-refractivity contribution in [1.29, 1.82) is 0 Å². The Morgan fingerprint density at radius 2 is 1.61 bits per heavy atom. The Labute approximate surface area is 193 Å². The lowest BCUT2D eigenvalue weighted by atomic mass is 9.97. The van der Waals surface area contributed by atoms with Crippen molar-refractivity contribution in [2.75, 3.05) is 25.0 Å². The van der Waals surface area contributed by atoms with E-state index in [-0.39, 0.29) is 35.7 Å². The highest BCUT2D eigenvalue weighted by Crippen LogP contribution is 2.27. The lowest BCUT2D eigenvalue weighted by Crippen LogP contribution is -2.41. The Balaban J connectivity index is 1.42. The number of hydrogen-bond donors (Lipinski definition) is 2. The van der Waals surface area contributed by atoms with E-state index in [2.05, 4.69) is 10.6 Å². The van der Waals surface area contributed by atoms with Crippen LogP contribution in [0.1, 0.15) is 30.1 Å². The van der Waals surface area contributed by atoms with Gasteiger partial charge >= 0.3 is 0 Å². The lowest BCUT2D eigenvalue weighted by molar-refractivity contribution is -0.120. The fraction of sp³-hybridized carbons (Fsp3) is 0.280. The van der Waals surface area contributed by atoms with Crippen molar-refractivity contribution in [2.24, 2.45) is 5.92 Å². The quantitative estimate of drug-likeness (QED) is 0.581. The van der Waals surface area contributed by atoms with Gasteiger partial charge in [0.1, 0.15) is 0 Å². The van der Waals surface area contributed by atoms with Crippen LogP contribution >= 0.6 is 0 Å². The Hall–Kier alpha value is -3.23. The summed E-state index contributed by atoms with van der Waals surface area (Å²) in [4.78, 5) is 25.4. The minimum Gasteiger partial charge on any atom is -0.352 e. The minimum absolute atomic E-state index is 0.200. The van der Waals surface area contributed by atoms with E-state index in [1.807, 2.05) is 37.3 Å². The van der Waals surface area contributed by atoms with E-state index in [9.17, 15) is 18.0 Å². The number of rotatable bonds is 6. The molecule has 0 radical (unpaired) electrons. The number of amides is 2. The molecule has 0 atom stereocenters. The zero-order valence-corrected chi connectivity index (χ0v) is 19.3. The number of carbonyl (C=O) groups is 2. The van der Waals surface area contributed by atoms with E-state index < -0.39 is 10.0 Å². The molecule has 2 N–H and O–H groups in total. The number of nitrogens with zero attached hydrogens (tertiary/aromatic N) is 1. The molecule has 33 heavy (non-hydrogen) atoms. The second kappa shape index (κ2) is 9.72. The molecule has 1 aliphatic rings. The summed E-state index contributed by atoms with van der Waals surface area (Å²) in [7, 11) is -3.64. The van der Waals surface area contributed by atoms with Crippen LogP contribution in [-0.4, -0.2) is 44.2 Å². The van der Waals surface area contributed by atoms with Crippen LogP contribution in [0, 0.1) is 5.92 Å². The summed E-state index contributed by atoms with van der Waals surface area (Å²) >= 11 is 0. The van der Waals surface area contributed by atoms with Crippen molar-refractivity contribution in [3.63, 3.8) is 0 Å². The number of para-hydroxylation sites is 1. The largest absolute Gasteiger partial charge is 0.352 e. The summed E-state index contributed by atoms with van der Waals surface area (Å²) in [6.45, 7) is 2.86. The molecule has 172 valence electrons. The van der Waals surface area contributed by atoms with Crippen molar-refractivity contribution in [2.45, 2.75) is 24.7 Å². The van der Waals surface area contributed by atoms with Gasteiger partial charge < -0.3 is 10.6 Å². The van der Waals surface area contributed by atoms with Crippen LogP contribution in [0.4, 0.5) is 5.69 Å². The normalized spacial score (nSPS) is 15.3. The van der Waals surface area contributed by atoms with Crippen LogP contribution in [0.25, 0.3) is 10.8 Å². The Morgan fingerprint density at radius 1 is 0.939 bits per heavy atom. The van der Waals surface area contributed by atoms with Crippen LogP contribution in [-0.2, 0) is 14.8 Å². The fourth-order valence-corrected chi connectivity index (χ4v) is 5.62. The minimum atomic E-state index is -3.64. The number of fused-ring (bicyclic) bond motifs is 1. The van der Waals surface area contributed by atoms with E-state index >= 15 is 0 Å². The van der Waals surface area contributed by atoms with Gasteiger partial charge in [-0.2, -0.15) is 4.31 Å². The molecule has 1 aliphatic heterocycles. The lowest BCUT2D eigenvalue weighted by Gasteiger charge is -2.30. The summed E-state index contributed by atoms with van der Waals surface area (Å²) in [5, 5.41) is 7.46. The van der Waals surface area contributed by atoms with Gasteiger partial charge in [0.25, 0.3) is 5.91 Å². The van der Waals surface area contributed by atoms with Crippen LogP contribution < -0.4 is 10.6 Å². The second-order valence-electron chi connectivity index (χ2n) is 8.08. The molecule has 0 aromatic heterocycles. The molecule has 0 spiro atoms. The zero-order chi connectivity index (χ0) is 23.4. The first-order valence-corrected chi connectivity index (χ1v) is 12.5.